The Labute approximate surface area is 109 Å². The molecule has 3 fully saturated rings. The first-order chi connectivity index (χ1) is 8.69. The Hall–Kier alpha value is -0.610. The number of rotatable bonds is 2. The fourth-order valence-electron chi connectivity index (χ4n) is 3.63. The van der Waals surface area contributed by atoms with Crippen LogP contribution in [-0.2, 0) is 4.79 Å². The average molecular weight is 251 g/mol. The molecule has 2 aliphatic heterocycles. The Bertz CT molecular complexity index is 321. The third-order valence-corrected chi connectivity index (χ3v) is 5.01. The Kier molecular flexibility index (Phi) is 3.32. The molecule has 0 aromatic carbocycles. The highest BCUT2D eigenvalue weighted by molar-refractivity contribution is 5.87. The first-order valence-electron chi connectivity index (χ1n) is 7.51. The predicted octanol–water partition coefficient (Wildman–Crippen LogP) is 0.955. The number of likely N-dealkylation sites (tertiary alicyclic amines) is 2. The maximum absolute atomic E-state index is 12.4. The normalized spacial score (nSPS) is 32.3. The highest BCUT2D eigenvalue weighted by atomic mass is 16.2. The summed E-state index contributed by atoms with van der Waals surface area (Å²) in [5, 5.41) is 0. The summed E-state index contributed by atoms with van der Waals surface area (Å²) in [6, 6.07) is 0.592. The summed E-state index contributed by atoms with van der Waals surface area (Å²) in [6.07, 6.45) is 7.93. The lowest BCUT2D eigenvalue weighted by Crippen LogP contribution is -2.62. The minimum absolute atomic E-state index is 0.220. The minimum Gasteiger partial charge on any atom is -0.340 e. The fraction of sp³-hybridized carbons (Fsp3) is 0.929. The molecular weight excluding hydrogens is 226 g/mol. The van der Waals surface area contributed by atoms with Gasteiger partial charge in [-0.2, -0.15) is 0 Å². The summed E-state index contributed by atoms with van der Waals surface area (Å²) in [7, 11) is 0. The van der Waals surface area contributed by atoms with Gasteiger partial charge in [-0.3, -0.25) is 9.69 Å². The van der Waals surface area contributed by atoms with Gasteiger partial charge in [-0.1, -0.05) is 0 Å². The van der Waals surface area contributed by atoms with Crippen LogP contribution >= 0.6 is 0 Å². The van der Waals surface area contributed by atoms with Gasteiger partial charge in [0.05, 0.1) is 5.54 Å². The van der Waals surface area contributed by atoms with Crippen LogP contribution in [-0.4, -0.2) is 53.5 Å². The molecule has 3 rings (SSSR count). The molecule has 1 unspecified atom stereocenters. The van der Waals surface area contributed by atoms with Gasteiger partial charge in [-0.25, -0.2) is 0 Å². The van der Waals surface area contributed by atoms with E-state index in [4.69, 9.17) is 5.73 Å². The largest absolute Gasteiger partial charge is 0.340 e. The van der Waals surface area contributed by atoms with Crippen molar-refractivity contribution >= 4 is 5.91 Å². The van der Waals surface area contributed by atoms with Crippen LogP contribution in [0.2, 0.25) is 0 Å². The number of carbonyl (C=O) groups excluding carboxylic acids is 1. The van der Waals surface area contributed by atoms with Crippen molar-refractivity contribution in [2.45, 2.75) is 56.5 Å². The molecule has 2 saturated heterocycles. The number of nitrogens with two attached hydrogens (primary N) is 1. The summed E-state index contributed by atoms with van der Waals surface area (Å²) in [4.78, 5) is 17.1. The number of amides is 1. The van der Waals surface area contributed by atoms with E-state index in [2.05, 4.69) is 4.90 Å². The Balaban J connectivity index is 1.61. The van der Waals surface area contributed by atoms with E-state index in [1.807, 2.05) is 4.90 Å². The molecule has 4 heteroatoms. The minimum atomic E-state index is -0.507. The van der Waals surface area contributed by atoms with Gasteiger partial charge in [0.1, 0.15) is 0 Å². The van der Waals surface area contributed by atoms with Gasteiger partial charge >= 0.3 is 0 Å². The fourth-order valence-corrected chi connectivity index (χ4v) is 3.63. The zero-order valence-corrected chi connectivity index (χ0v) is 11.2. The van der Waals surface area contributed by atoms with E-state index in [1.54, 1.807) is 0 Å². The van der Waals surface area contributed by atoms with Gasteiger partial charge in [0.25, 0.3) is 0 Å². The molecule has 2 N–H and O–H groups in total. The summed E-state index contributed by atoms with van der Waals surface area (Å²) < 4.78 is 0. The molecule has 4 nitrogen and oxygen atoms in total. The van der Waals surface area contributed by atoms with E-state index in [9.17, 15) is 4.79 Å². The second kappa shape index (κ2) is 4.82. The van der Waals surface area contributed by atoms with Gasteiger partial charge in [0.15, 0.2) is 0 Å². The maximum Gasteiger partial charge on any atom is 0.242 e. The van der Waals surface area contributed by atoms with Crippen LogP contribution in [0.1, 0.15) is 44.9 Å². The standard InChI is InChI=1S/C14H25N3O/c15-14(6-4-7-14)13(18)17-10-3-5-12(11-17)16-8-1-2-9-16/h12H,1-11,15H2. The smallest absolute Gasteiger partial charge is 0.242 e. The SMILES string of the molecule is NC1(C(=O)N2CCCC(N3CCCC3)C2)CCC1. The van der Waals surface area contributed by atoms with Gasteiger partial charge in [0, 0.05) is 19.1 Å². The molecule has 1 aliphatic carbocycles. The summed E-state index contributed by atoms with van der Waals surface area (Å²) in [6.45, 7) is 4.28. The van der Waals surface area contributed by atoms with Crippen LogP contribution in [0.5, 0.6) is 0 Å². The molecule has 0 aromatic rings. The average Bonchev–Trinajstić information content (AvgIpc) is 2.89. The first kappa shape index (κ1) is 12.4. The number of hydrogen-bond acceptors (Lipinski definition) is 3. The van der Waals surface area contributed by atoms with Crippen molar-refractivity contribution in [2.75, 3.05) is 26.2 Å². The zero-order chi connectivity index (χ0) is 12.6. The number of piperidine rings is 1. The second-order valence-corrected chi connectivity index (χ2v) is 6.30. The van der Waals surface area contributed by atoms with Crippen molar-refractivity contribution in [3.8, 4) is 0 Å². The van der Waals surface area contributed by atoms with Crippen molar-refractivity contribution in [1.29, 1.82) is 0 Å². The third kappa shape index (κ3) is 2.16. The highest BCUT2D eigenvalue weighted by Gasteiger charge is 2.44. The maximum atomic E-state index is 12.4. The van der Waals surface area contributed by atoms with Gasteiger partial charge in [-0.05, 0) is 58.0 Å². The molecule has 0 radical (unpaired) electrons. The molecular formula is C14H25N3O. The molecule has 0 bridgehead atoms. The lowest BCUT2D eigenvalue weighted by Gasteiger charge is -2.44. The molecule has 0 aromatic heterocycles. The summed E-state index contributed by atoms with van der Waals surface area (Å²) in [5.74, 6) is 0.220. The van der Waals surface area contributed by atoms with Crippen LogP contribution in [0, 0.1) is 0 Å². The van der Waals surface area contributed by atoms with E-state index < -0.39 is 5.54 Å². The van der Waals surface area contributed by atoms with E-state index in [0.717, 1.165) is 38.8 Å². The summed E-state index contributed by atoms with van der Waals surface area (Å²) in [5.41, 5.74) is 5.66. The van der Waals surface area contributed by atoms with Crippen LogP contribution in [0.3, 0.4) is 0 Å². The highest BCUT2D eigenvalue weighted by Crippen LogP contribution is 2.32. The van der Waals surface area contributed by atoms with Crippen molar-refractivity contribution < 1.29 is 4.79 Å². The van der Waals surface area contributed by atoms with Gasteiger partial charge in [0.2, 0.25) is 5.91 Å². The first-order valence-corrected chi connectivity index (χ1v) is 7.51. The quantitative estimate of drug-likeness (QED) is 0.795. The summed E-state index contributed by atoms with van der Waals surface area (Å²) >= 11 is 0. The van der Waals surface area contributed by atoms with E-state index in [0.29, 0.717) is 6.04 Å². The van der Waals surface area contributed by atoms with Gasteiger partial charge in [-0.15, -0.1) is 0 Å². The van der Waals surface area contributed by atoms with Crippen molar-refractivity contribution in [2.24, 2.45) is 5.73 Å². The molecule has 0 spiro atoms. The zero-order valence-electron chi connectivity index (χ0n) is 11.2. The second-order valence-electron chi connectivity index (χ2n) is 6.30. The Morgan fingerprint density at radius 2 is 1.78 bits per heavy atom. The predicted molar refractivity (Wildman–Crippen MR) is 71.2 cm³/mol. The van der Waals surface area contributed by atoms with E-state index in [-0.39, 0.29) is 5.91 Å². The lowest BCUT2D eigenvalue weighted by molar-refractivity contribution is -0.142. The van der Waals surface area contributed by atoms with Crippen LogP contribution < -0.4 is 5.73 Å². The molecule has 1 atom stereocenters. The monoisotopic (exact) mass is 251 g/mol. The van der Waals surface area contributed by atoms with E-state index >= 15 is 0 Å². The molecule has 1 amide bonds. The molecule has 18 heavy (non-hydrogen) atoms. The topological polar surface area (TPSA) is 49.6 Å². The molecule has 1 saturated carbocycles. The van der Waals surface area contributed by atoms with E-state index in [1.165, 1.54) is 32.4 Å². The van der Waals surface area contributed by atoms with Crippen LogP contribution in [0.4, 0.5) is 0 Å². The van der Waals surface area contributed by atoms with Gasteiger partial charge < -0.3 is 10.6 Å². The molecule has 102 valence electrons. The number of carbonyl (C=O) groups is 1. The van der Waals surface area contributed by atoms with Crippen LogP contribution in [0.25, 0.3) is 0 Å². The van der Waals surface area contributed by atoms with Crippen molar-refractivity contribution in [3.63, 3.8) is 0 Å². The third-order valence-electron chi connectivity index (χ3n) is 5.01. The number of nitrogens with zero attached hydrogens (tertiary/aromatic N) is 2. The number of hydrogen-bond donors (Lipinski definition) is 1. The van der Waals surface area contributed by atoms with Crippen molar-refractivity contribution in [3.05, 3.63) is 0 Å². The lowest BCUT2D eigenvalue weighted by atomic mass is 9.76. The molecule has 2 heterocycles. The molecule has 3 aliphatic rings. The van der Waals surface area contributed by atoms with Crippen molar-refractivity contribution in [1.82, 2.24) is 9.80 Å². The Morgan fingerprint density at radius 3 is 2.39 bits per heavy atom. The van der Waals surface area contributed by atoms with Crippen LogP contribution in [0.15, 0.2) is 0 Å². The Morgan fingerprint density at radius 1 is 1.06 bits per heavy atom.